The molecule has 2 aromatic carbocycles. The van der Waals surface area contributed by atoms with Crippen LogP contribution in [0.3, 0.4) is 0 Å². The van der Waals surface area contributed by atoms with Crippen molar-refractivity contribution >= 4 is 0 Å². The maximum Gasteiger partial charge on any atom is 0.127 e. The Hall–Kier alpha value is -1.91. The van der Waals surface area contributed by atoms with Gasteiger partial charge in [-0.1, -0.05) is 36.4 Å². The molecule has 1 fully saturated rings. The Morgan fingerprint density at radius 1 is 1.09 bits per heavy atom. The molecule has 0 radical (unpaired) electrons. The molecule has 1 atom stereocenters. The van der Waals surface area contributed by atoms with Crippen molar-refractivity contribution in [3.05, 3.63) is 66.0 Å². The van der Waals surface area contributed by atoms with E-state index in [-0.39, 0.29) is 11.9 Å². The lowest BCUT2D eigenvalue weighted by Crippen LogP contribution is -2.44. The van der Waals surface area contributed by atoms with Crippen LogP contribution in [-0.2, 0) is 11.3 Å². The van der Waals surface area contributed by atoms with Crippen LogP contribution < -0.4 is 4.74 Å². The normalized spacial score (nSPS) is 19.0. The van der Waals surface area contributed by atoms with Gasteiger partial charge in [0.2, 0.25) is 0 Å². The molecule has 4 heteroatoms. The zero-order valence-electron chi connectivity index (χ0n) is 12.5. The topological polar surface area (TPSA) is 21.7 Å². The second-order valence-electron chi connectivity index (χ2n) is 5.44. The molecule has 3 nitrogen and oxygen atoms in total. The molecule has 2 aromatic rings. The molecule has 0 amide bonds. The van der Waals surface area contributed by atoms with E-state index in [0.29, 0.717) is 19.8 Å². The summed E-state index contributed by atoms with van der Waals surface area (Å²) in [5.41, 5.74) is 0.729. The highest BCUT2D eigenvalue weighted by molar-refractivity contribution is 5.21. The Bertz CT molecular complexity index is 591. The lowest BCUT2D eigenvalue weighted by Gasteiger charge is -2.32. The molecule has 0 aromatic heterocycles. The first-order valence-corrected chi connectivity index (χ1v) is 7.56. The average Bonchev–Trinajstić information content (AvgIpc) is 2.57. The molecule has 0 N–H and O–H groups in total. The Morgan fingerprint density at radius 3 is 2.68 bits per heavy atom. The van der Waals surface area contributed by atoms with E-state index < -0.39 is 0 Å². The number of hydrogen-bond acceptors (Lipinski definition) is 3. The zero-order chi connectivity index (χ0) is 15.2. The summed E-state index contributed by atoms with van der Waals surface area (Å²) in [7, 11) is 0. The van der Waals surface area contributed by atoms with Crippen molar-refractivity contribution in [3.63, 3.8) is 0 Å². The molecule has 1 saturated heterocycles. The van der Waals surface area contributed by atoms with E-state index in [4.69, 9.17) is 9.47 Å². The molecule has 116 valence electrons. The minimum absolute atomic E-state index is 0.0146. The van der Waals surface area contributed by atoms with Crippen LogP contribution >= 0.6 is 0 Å². The number of ether oxygens (including phenoxy) is 2. The molecule has 1 unspecified atom stereocenters. The fraction of sp³-hybridized carbons (Fsp3) is 0.333. The van der Waals surface area contributed by atoms with E-state index in [1.54, 1.807) is 6.07 Å². The van der Waals surface area contributed by atoms with E-state index in [2.05, 4.69) is 4.90 Å². The summed E-state index contributed by atoms with van der Waals surface area (Å²) < 4.78 is 25.2. The van der Waals surface area contributed by atoms with Gasteiger partial charge >= 0.3 is 0 Å². The molecule has 0 spiro atoms. The first-order valence-electron chi connectivity index (χ1n) is 7.56. The fourth-order valence-electron chi connectivity index (χ4n) is 2.60. The maximum atomic E-state index is 13.7. The third-order valence-corrected chi connectivity index (χ3v) is 3.75. The first-order chi connectivity index (χ1) is 10.8. The van der Waals surface area contributed by atoms with Crippen molar-refractivity contribution in [1.29, 1.82) is 0 Å². The monoisotopic (exact) mass is 301 g/mol. The summed E-state index contributed by atoms with van der Waals surface area (Å²) in [6, 6.07) is 16.6. The van der Waals surface area contributed by atoms with E-state index in [1.165, 1.54) is 6.07 Å². The largest absolute Gasteiger partial charge is 0.491 e. The second-order valence-corrected chi connectivity index (χ2v) is 5.44. The predicted molar refractivity (Wildman–Crippen MR) is 83.4 cm³/mol. The van der Waals surface area contributed by atoms with Crippen LogP contribution in [0.25, 0.3) is 0 Å². The summed E-state index contributed by atoms with van der Waals surface area (Å²) in [4.78, 5) is 2.21. The van der Waals surface area contributed by atoms with E-state index in [1.807, 2.05) is 42.5 Å². The van der Waals surface area contributed by atoms with Gasteiger partial charge in [0.15, 0.2) is 0 Å². The van der Waals surface area contributed by atoms with Crippen LogP contribution in [0.15, 0.2) is 54.6 Å². The van der Waals surface area contributed by atoms with Gasteiger partial charge in [0.25, 0.3) is 0 Å². The summed E-state index contributed by atoms with van der Waals surface area (Å²) >= 11 is 0. The van der Waals surface area contributed by atoms with Crippen LogP contribution in [0, 0.1) is 5.82 Å². The van der Waals surface area contributed by atoms with Crippen LogP contribution in [0.2, 0.25) is 0 Å². The van der Waals surface area contributed by atoms with Crippen molar-refractivity contribution in [1.82, 2.24) is 4.90 Å². The number of halogens is 1. The molecule has 0 aliphatic carbocycles. The number of nitrogens with zero attached hydrogens (tertiary/aromatic N) is 1. The van der Waals surface area contributed by atoms with Crippen molar-refractivity contribution in [3.8, 4) is 5.75 Å². The second kappa shape index (κ2) is 7.38. The Morgan fingerprint density at radius 2 is 1.86 bits per heavy atom. The average molecular weight is 301 g/mol. The number of rotatable bonds is 5. The van der Waals surface area contributed by atoms with Gasteiger partial charge in [-0.3, -0.25) is 4.90 Å². The van der Waals surface area contributed by atoms with Crippen LogP contribution in [0.1, 0.15) is 5.56 Å². The SMILES string of the molecule is Fc1ccccc1CN1CCOC(COc2ccccc2)C1. The summed E-state index contributed by atoms with van der Waals surface area (Å²) in [6.45, 7) is 3.34. The summed E-state index contributed by atoms with van der Waals surface area (Å²) in [6.07, 6.45) is 0.0146. The molecule has 1 aliphatic heterocycles. The number of benzene rings is 2. The van der Waals surface area contributed by atoms with E-state index in [0.717, 1.165) is 24.4 Å². The molecule has 0 bridgehead atoms. The molecule has 3 rings (SSSR count). The molecular formula is C18H20FNO2. The Kier molecular flexibility index (Phi) is 5.03. The Balaban J connectivity index is 1.52. The van der Waals surface area contributed by atoms with Gasteiger partial charge in [-0.2, -0.15) is 0 Å². The van der Waals surface area contributed by atoms with Crippen LogP contribution in [0.4, 0.5) is 4.39 Å². The zero-order valence-corrected chi connectivity index (χ0v) is 12.5. The van der Waals surface area contributed by atoms with Gasteiger partial charge in [-0.25, -0.2) is 4.39 Å². The quantitative estimate of drug-likeness (QED) is 0.847. The number of para-hydroxylation sites is 1. The highest BCUT2D eigenvalue weighted by atomic mass is 19.1. The first kappa shape index (κ1) is 15.0. The van der Waals surface area contributed by atoms with Crippen LogP contribution in [0.5, 0.6) is 5.75 Å². The molecule has 22 heavy (non-hydrogen) atoms. The van der Waals surface area contributed by atoms with Gasteiger partial charge in [0, 0.05) is 25.2 Å². The smallest absolute Gasteiger partial charge is 0.127 e. The van der Waals surface area contributed by atoms with Crippen molar-refractivity contribution in [2.24, 2.45) is 0 Å². The number of morpholine rings is 1. The Labute approximate surface area is 130 Å². The van der Waals surface area contributed by atoms with Gasteiger partial charge in [-0.15, -0.1) is 0 Å². The lowest BCUT2D eigenvalue weighted by molar-refractivity contribution is -0.0506. The third-order valence-electron chi connectivity index (χ3n) is 3.75. The maximum absolute atomic E-state index is 13.7. The van der Waals surface area contributed by atoms with Gasteiger partial charge in [0.05, 0.1) is 6.61 Å². The van der Waals surface area contributed by atoms with Gasteiger partial charge < -0.3 is 9.47 Å². The van der Waals surface area contributed by atoms with E-state index >= 15 is 0 Å². The fourth-order valence-corrected chi connectivity index (χ4v) is 2.60. The van der Waals surface area contributed by atoms with Crippen molar-refractivity contribution < 1.29 is 13.9 Å². The lowest BCUT2D eigenvalue weighted by atomic mass is 10.2. The van der Waals surface area contributed by atoms with Crippen LogP contribution in [-0.4, -0.2) is 37.3 Å². The molecule has 1 aliphatic rings. The van der Waals surface area contributed by atoms with Gasteiger partial charge in [-0.05, 0) is 18.2 Å². The highest BCUT2D eigenvalue weighted by Gasteiger charge is 2.21. The van der Waals surface area contributed by atoms with E-state index in [9.17, 15) is 4.39 Å². The standard InChI is InChI=1S/C18H20FNO2/c19-18-9-5-4-6-15(18)12-20-10-11-21-17(13-20)14-22-16-7-2-1-3-8-16/h1-9,17H,10-14H2. The highest BCUT2D eigenvalue weighted by Crippen LogP contribution is 2.15. The summed E-state index contributed by atoms with van der Waals surface area (Å²) in [5, 5.41) is 0. The molecule has 1 heterocycles. The minimum atomic E-state index is -0.147. The predicted octanol–water partition coefficient (Wildman–Crippen LogP) is 3.11. The van der Waals surface area contributed by atoms with Crippen molar-refractivity contribution in [2.45, 2.75) is 12.6 Å². The molecule has 0 saturated carbocycles. The third kappa shape index (κ3) is 4.06. The van der Waals surface area contributed by atoms with Crippen molar-refractivity contribution in [2.75, 3.05) is 26.3 Å². The molecular weight excluding hydrogens is 281 g/mol. The minimum Gasteiger partial charge on any atom is -0.491 e. The number of hydrogen-bond donors (Lipinski definition) is 0. The summed E-state index contributed by atoms with van der Waals surface area (Å²) in [5.74, 6) is 0.698. The van der Waals surface area contributed by atoms with Gasteiger partial charge in [0.1, 0.15) is 24.3 Å².